The summed E-state index contributed by atoms with van der Waals surface area (Å²) in [7, 11) is 4.99. The van der Waals surface area contributed by atoms with Gasteiger partial charge >= 0.3 is 0 Å². The first-order valence-corrected chi connectivity index (χ1v) is 4.76. The Labute approximate surface area is 102 Å². The van der Waals surface area contributed by atoms with Crippen molar-refractivity contribution in [3.05, 3.63) is 23.8 Å². The lowest BCUT2D eigenvalue weighted by molar-refractivity contribution is 0.250. The quantitative estimate of drug-likeness (QED) is 0.826. The van der Waals surface area contributed by atoms with Crippen molar-refractivity contribution in [2.75, 3.05) is 27.9 Å². The highest BCUT2D eigenvalue weighted by molar-refractivity contribution is 5.85. The van der Waals surface area contributed by atoms with Crippen LogP contribution in [-0.2, 0) is 0 Å². The van der Waals surface area contributed by atoms with E-state index in [1.165, 1.54) is 0 Å². The lowest BCUT2D eigenvalue weighted by atomic mass is 10.1. The zero-order valence-corrected chi connectivity index (χ0v) is 10.5. The lowest BCUT2D eigenvalue weighted by Gasteiger charge is -2.15. The minimum atomic E-state index is -0.0789. The van der Waals surface area contributed by atoms with Crippen LogP contribution in [0.4, 0.5) is 0 Å². The molecule has 0 amide bonds. The first kappa shape index (κ1) is 15.0. The largest absolute Gasteiger partial charge is 0.493 e. The van der Waals surface area contributed by atoms with Gasteiger partial charge in [-0.1, -0.05) is 6.07 Å². The molecule has 0 fully saturated rings. The first-order valence-electron chi connectivity index (χ1n) is 4.76. The summed E-state index contributed by atoms with van der Waals surface area (Å²) < 4.78 is 10.3. The SMILES string of the molecule is CNC(CO)c1ccc(OC)c(OC)c1.Cl. The minimum Gasteiger partial charge on any atom is -0.493 e. The van der Waals surface area contributed by atoms with Crippen LogP contribution in [0.25, 0.3) is 0 Å². The van der Waals surface area contributed by atoms with Crippen molar-refractivity contribution in [3.63, 3.8) is 0 Å². The fourth-order valence-electron chi connectivity index (χ4n) is 1.43. The van der Waals surface area contributed by atoms with Gasteiger partial charge in [0, 0.05) is 0 Å². The molecule has 1 atom stereocenters. The average molecular weight is 248 g/mol. The zero-order chi connectivity index (χ0) is 11.3. The maximum atomic E-state index is 9.13. The number of rotatable bonds is 5. The van der Waals surface area contributed by atoms with Gasteiger partial charge < -0.3 is 19.9 Å². The standard InChI is InChI=1S/C11H17NO3.ClH/c1-12-9(7-13)8-4-5-10(14-2)11(6-8)15-3;/h4-6,9,12-13H,7H2,1-3H3;1H. The Kier molecular flexibility index (Phi) is 6.88. The number of nitrogens with one attached hydrogen (secondary N) is 1. The van der Waals surface area contributed by atoms with Gasteiger partial charge in [-0.2, -0.15) is 0 Å². The number of benzene rings is 1. The van der Waals surface area contributed by atoms with Crippen molar-refractivity contribution in [3.8, 4) is 11.5 Å². The summed E-state index contributed by atoms with van der Waals surface area (Å²) in [6.45, 7) is 0.0476. The van der Waals surface area contributed by atoms with Crippen LogP contribution < -0.4 is 14.8 Å². The Hall–Kier alpha value is -0.970. The number of ether oxygens (including phenoxy) is 2. The molecule has 92 valence electrons. The molecule has 0 aliphatic heterocycles. The Morgan fingerprint density at radius 2 is 1.88 bits per heavy atom. The zero-order valence-electron chi connectivity index (χ0n) is 9.69. The molecule has 0 bridgehead atoms. The van der Waals surface area contributed by atoms with Crippen molar-refractivity contribution in [2.24, 2.45) is 0 Å². The van der Waals surface area contributed by atoms with E-state index < -0.39 is 0 Å². The summed E-state index contributed by atoms with van der Waals surface area (Å²) in [5, 5.41) is 12.1. The number of hydrogen-bond acceptors (Lipinski definition) is 4. The van der Waals surface area contributed by atoms with E-state index in [4.69, 9.17) is 14.6 Å². The summed E-state index contributed by atoms with van der Waals surface area (Å²) in [6.07, 6.45) is 0. The minimum absolute atomic E-state index is 0. The van der Waals surface area contributed by atoms with Gasteiger partial charge in [0.05, 0.1) is 26.9 Å². The molecular formula is C11H18ClNO3. The molecule has 1 aromatic carbocycles. The van der Waals surface area contributed by atoms with Crippen LogP contribution in [0, 0.1) is 0 Å². The number of methoxy groups -OCH3 is 2. The fraction of sp³-hybridized carbons (Fsp3) is 0.455. The second-order valence-corrected chi connectivity index (χ2v) is 3.14. The summed E-state index contributed by atoms with van der Waals surface area (Å²) in [5.74, 6) is 1.36. The molecule has 0 saturated carbocycles. The predicted octanol–water partition coefficient (Wildman–Crippen LogP) is 1.38. The third kappa shape index (κ3) is 3.27. The Morgan fingerprint density at radius 1 is 1.25 bits per heavy atom. The van der Waals surface area contributed by atoms with Gasteiger partial charge in [-0.05, 0) is 24.7 Å². The third-order valence-corrected chi connectivity index (χ3v) is 2.34. The average Bonchev–Trinajstić information content (AvgIpc) is 2.30. The van der Waals surface area contributed by atoms with Crippen molar-refractivity contribution in [2.45, 2.75) is 6.04 Å². The molecule has 0 saturated heterocycles. The third-order valence-electron chi connectivity index (χ3n) is 2.34. The monoisotopic (exact) mass is 247 g/mol. The van der Waals surface area contributed by atoms with Crippen LogP contribution in [-0.4, -0.2) is 33.0 Å². The summed E-state index contributed by atoms with van der Waals surface area (Å²) in [4.78, 5) is 0. The number of aliphatic hydroxyl groups is 1. The predicted molar refractivity (Wildman–Crippen MR) is 65.7 cm³/mol. The molecule has 1 unspecified atom stereocenters. The van der Waals surface area contributed by atoms with Crippen LogP contribution in [0.1, 0.15) is 11.6 Å². The Morgan fingerprint density at radius 3 is 2.31 bits per heavy atom. The van der Waals surface area contributed by atoms with Crippen molar-refractivity contribution in [1.29, 1.82) is 0 Å². The molecule has 0 radical (unpaired) electrons. The first-order chi connectivity index (χ1) is 7.26. The number of aliphatic hydroxyl groups excluding tert-OH is 1. The van der Waals surface area contributed by atoms with Crippen LogP contribution >= 0.6 is 12.4 Å². The van der Waals surface area contributed by atoms with Gasteiger partial charge in [-0.15, -0.1) is 12.4 Å². The highest BCUT2D eigenvalue weighted by Gasteiger charge is 2.11. The Bertz CT molecular complexity index is 316. The fourth-order valence-corrected chi connectivity index (χ4v) is 1.43. The highest BCUT2D eigenvalue weighted by Crippen LogP contribution is 2.29. The smallest absolute Gasteiger partial charge is 0.161 e. The van der Waals surface area contributed by atoms with Gasteiger partial charge in [0.25, 0.3) is 0 Å². The molecule has 0 spiro atoms. The maximum Gasteiger partial charge on any atom is 0.161 e. The summed E-state index contributed by atoms with van der Waals surface area (Å²) in [6, 6.07) is 5.51. The molecular weight excluding hydrogens is 230 g/mol. The molecule has 2 N–H and O–H groups in total. The van der Waals surface area contributed by atoms with Gasteiger partial charge in [-0.25, -0.2) is 0 Å². The number of likely N-dealkylation sites (N-methyl/N-ethyl adjacent to an activating group) is 1. The van der Waals surface area contributed by atoms with Crippen LogP contribution in [0.3, 0.4) is 0 Å². The van der Waals surface area contributed by atoms with Crippen molar-refractivity contribution < 1.29 is 14.6 Å². The molecule has 4 nitrogen and oxygen atoms in total. The van der Waals surface area contributed by atoms with E-state index in [9.17, 15) is 0 Å². The number of hydrogen-bond donors (Lipinski definition) is 2. The van der Waals surface area contributed by atoms with E-state index >= 15 is 0 Å². The molecule has 5 heteroatoms. The molecule has 0 aliphatic rings. The van der Waals surface area contributed by atoms with E-state index in [-0.39, 0.29) is 25.1 Å². The van der Waals surface area contributed by atoms with E-state index in [1.807, 2.05) is 18.2 Å². The van der Waals surface area contributed by atoms with Crippen molar-refractivity contribution in [1.82, 2.24) is 5.32 Å². The number of halogens is 1. The lowest BCUT2D eigenvalue weighted by Crippen LogP contribution is -2.19. The Balaban J connectivity index is 0.00000225. The van der Waals surface area contributed by atoms with E-state index in [1.54, 1.807) is 21.3 Å². The van der Waals surface area contributed by atoms with E-state index in [0.29, 0.717) is 11.5 Å². The molecule has 0 heterocycles. The second kappa shape index (κ2) is 7.33. The van der Waals surface area contributed by atoms with Crippen LogP contribution in [0.2, 0.25) is 0 Å². The van der Waals surface area contributed by atoms with Crippen molar-refractivity contribution >= 4 is 12.4 Å². The highest BCUT2D eigenvalue weighted by atomic mass is 35.5. The second-order valence-electron chi connectivity index (χ2n) is 3.14. The molecule has 0 aliphatic carbocycles. The maximum absolute atomic E-state index is 9.13. The topological polar surface area (TPSA) is 50.7 Å². The van der Waals surface area contributed by atoms with Crippen LogP contribution in [0.5, 0.6) is 11.5 Å². The van der Waals surface area contributed by atoms with E-state index in [0.717, 1.165) is 5.56 Å². The molecule has 1 aromatic rings. The van der Waals surface area contributed by atoms with Gasteiger partial charge in [0.15, 0.2) is 11.5 Å². The summed E-state index contributed by atoms with van der Waals surface area (Å²) >= 11 is 0. The van der Waals surface area contributed by atoms with Gasteiger partial charge in [0.2, 0.25) is 0 Å². The van der Waals surface area contributed by atoms with Crippen LogP contribution in [0.15, 0.2) is 18.2 Å². The van der Waals surface area contributed by atoms with E-state index in [2.05, 4.69) is 5.32 Å². The summed E-state index contributed by atoms with van der Waals surface area (Å²) in [5.41, 5.74) is 0.970. The normalized spacial score (nSPS) is 11.5. The van der Waals surface area contributed by atoms with Gasteiger partial charge in [0.1, 0.15) is 0 Å². The molecule has 16 heavy (non-hydrogen) atoms. The van der Waals surface area contributed by atoms with Gasteiger partial charge in [-0.3, -0.25) is 0 Å². The molecule has 0 aromatic heterocycles. The molecule has 1 rings (SSSR count).